The molecule has 30 nitrogen and oxygen atoms in total. The summed E-state index contributed by atoms with van der Waals surface area (Å²) in [5.74, 6) is -1.67. The van der Waals surface area contributed by atoms with Crippen molar-refractivity contribution in [1.29, 1.82) is 0 Å². The van der Waals surface area contributed by atoms with Crippen LogP contribution in [-0.2, 0) is 76.3 Å². The Morgan fingerprint density at radius 3 is 1.11 bits per heavy atom. The summed E-state index contributed by atoms with van der Waals surface area (Å²) in [4.78, 5) is 106. The zero-order chi connectivity index (χ0) is 81.4. The van der Waals surface area contributed by atoms with Crippen LogP contribution in [0.5, 0.6) is 0 Å². The Kier molecular flexibility index (Phi) is 51.9. The maximum absolute atomic E-state index is 14.2. The molecule has 16 unspecified atom stereocenters. The van der Waals surface area contributed by atoms with Crippen LogP contribution >= 0.6 is 0 Å². The highest BCUT2D eigenvalue weighted by Gasteiger charge is 2.45. The molecule has 18 atom stereocenters. The van der Waals surface area contributed by atoms with Gasteiger partial charge in [-0.15, -0.1) is 0 Å². The molecule has 0 aromatic rings. The van der Waals surface area contributed by atoms with E-state index in [2.05, 4.69) is 10.6 Å². The summed E-state index contributed by atoms with van der Waals surface area (Å²) < 4.78 is 46.7. The molecule has 4 aliphatic rings. The van der Waals surface area contributed by atoms with Crippen molar-refractivity contribution in [3.63, 3.8) is 0 Å². The molecule has 4 saturated heterocycles. The van der Waals surface area contributed by atoms with Crippen molar-refractivity contribution in [2.45, 2.75) is 351 Å². The van der Waals surface area contributed by atoms with Crippen molar-refractivity contribution >= 4 is 46.6 Å². The smallest absolute Gasteiger partial charge is 0.222 e. The molecule has 111 heavy (non-hydrogen) atoms. The fourth-order valence-electron chi connectivity index (χ4n) is 14.7. The van der Waals surface area contributed by atoms with Crippen LogP contribution in [0.2, 0.25) is 0 Å². The van der Waals surface area contributed by atoms with E-state index in [-0.39, 0.29) is 138 Å². The number of nitrogens with one attached hydrogen (secondary N) is 2. The van der Waals surface area contributed by atoms with Gasteiger partial charge in [0.05, 0.1) is 83.3 Å². The van der Waals surface area contributed by atoms with Crippen LogP contribution in [0.4, 0.5) is 0 Å². The topological polar surface area (TPSA) is 460 Å². The average Bonchev–Trinajstić information content (AvgIpc) is 1.48. The summed E-state index contributed by atoms with van der Waals surface area (Å²) in [7, 11) is 0. The Morgan fingerprint density at radius 2 is 0.703 bits per heavy atom. The van der Waals surface area contributed by atoms with E-state index in [0.717, 1.165) is 44.9 Å². The lowest BCUT2D eigenvalue weighted by atomic mass is 9.78. The van der Waals surface area contributed by atoms with E-state index in [1.807, 2.05) is 0 Å². The molecule has 4 fully saturated rings. The lowest BCUT2D eigenvalue weighted by Crippen LogP contribution is -2.55. The number of hydrogen-bond acceptors (Lipinski definition) is 27. The third-order valence-electron chi connectivity index (χ3n) is 22.0. The van der Waals surface area contributed by atoms with Crippen LogP contribution in [0.3, 0.4) is 0 Å². The quantitative estimate of drug-likeness (QED) is 0.0365. The number of aliphatic hydroxyl groups excluding tert-OH is 11. The van der Waals surface area contributed by atoms with Gasteiger partial charge in [-0.2, -0.15) is 0 Å². The third-order valence-corrected chi connectivity index (χ3v) is 22.0. The Labute approximate surface area is 658 Å². The number of ketones is 5. The highest BCUT2D eigenvalue weighted by atomic mass is 16.7. The van der Waals surface area contributed by atoms with Gasteiger partial charge in [-0.3, -0.25) is 38.4 Å². The van der Waals surface area contributed by atoms with E-state index in [1.54, 1.807) is 25.7 Å². The number of β-amino-alcohol motifs (C(OH)–C–C–N with tert-alkyl or cyclic N) is 1. The molecule has 644 valence electrons. The summed E-state index contributed by atoms with van der Waals surface area (Å²) in [6, 6.07) is -0.333. The van der Waals surface area contributed by atoms with Crippen molar-refractivity contribution in [3.8, 4) is 0 Å². The number of rotatable bonds is 66. The zero-order valence-corrected chi connectivity index (χ0v) is 67.0. The normalized spacial score (nSPS) is 26.7. The summed E-state index contributed by atoms with van der Waals surface area (Å²) in [5.41, 5.74) is -0.861. The van der Waals surface area contributed by atoms with Gasteiger partial charge >= 0.3 is 0 Å². The van der Waals surface area contributed by atoms with E-state index in [1.165, 1.54) is 0 Å². The number of unbranched alkanes of at least 4 members (excludes halogenated alkanes) is 15. The molecule has 0 radical (unpaired) electrons. The second-order valence-electron chi connectivity index (χ2n) is 31.6. The highest BCUT2D eigenvalue weighted by Crippen LogP contribution is 2.34. The van der Waals surface area contributed by atoms with Gasteiger partial charge in [-0.1, -0.05) is 78.6 Å². The number of carbonyl (C=O) groups is 8. The summed E-state index contributed by atoms with van der Waals surface area (Å²) in [6.07, 6.45) is 7.58. The van der Waals surface area contributed by atoms with Crippen molar-refractivity contribution in [2.75, 3.05) is 92.3 Å². The van der Waals surface area contributed by atoms with Crippen LogP contribution in [-0.4, -0.2) is 286 Å². The van der Waals surface area contributed by atoms with Gasteiger partial charge in [0.25, 0.3) is 0 Å². The molecule has 0 aromatic heterocycles. The largest absolute Gasteiger partial charge is 0.394 e. The highest BCUT2D eigenvalue weighted by molar-refractivity contribution is 5.81. The molecule has 13 N–H and O–H groups in total. The number of likely N-dealkylation sites (tertiary alicyclic amines) is 1. The molecule has 0 aliphatic carbocycles. The van der Waals surface area contributed by atoms with Crippen molar-refractivity contribution < 1.29 is 132 Å². The number of Topliss-reactive ketones (excluding diaryl/α,β-unsaturated/α-hetero) is 5. The molecular formula is C81H143N3O27. The molecule has 4 aliphatic heterocycles. The first-order chi connectivity index (χ1) is 53.4. The fourth-order valence-corrected chi connectivity index (χ4v) is 14.7. The molecular weight excluding hydrogens is 1450 g/mol. The monoisotopic (exact) mass is 1590 g/mol. The standard InChI is InChI=1S/C81H143N3O27/c1-56-72(98)75(101)66(51-86)109-78(56)106-42-23-19-32-61(90)28-14-10-13-27-60(89)31-18-22-39-81(48-64(93)34-12-8-6-4-5-7-9-17-36-71(97)84-49-65(94)47-59(84)50-85,54-104-45-37-63(92)30-16-11-15-29-62(91)33-20-24-43-107-79-57(2)73(99)76(102)67(52-87)110-79)55-105-46-38-70(96)83-41-26-40-82-69(95)35-21-25-44-108-80-58(3)74(100)77(103)68(53-88)111-80/h56-59,65-68,72-80,85-88,94,98-103H,4-55H2,1-3H3,(H,82,95)(H,83,96)/t56?,57?,58?,59-,65+,66?,67?,68?,72?,73?,74?,75?,76?,77?,78?,79?,80?,81?/m0/s1. The number of ether oxygens (including phenoxy) is 8. The van der Waals surface area contributed by atoms with Gasteiger partial charge in [-0.25, -0.2) is 0 Å². The summed E-state index contributed by atoms with van der Waals surface area (Å²) >= 11 is 0. The Bertz CT molecular complexity index is 2370. The molecule has 30 heteroatoms. The average molecular weight is 1590 g/mol. The van der Waals surface area contributed by atoms with E-state index in [9.17, 15) is 94.5 Å². The van der Waals surface area contributed by atoms with Crippen LogP contribution in [0, 0.1) is 23.2 Å². The predicted octanol–water partition coefficient (Wildman–Crippen LogP) is 4.75. The minimum absolute atomic E-state index is 0.00125. The molecule has 0 bridgehead atoms. The van der Waals surface area contributed by atoms with E-state index in [4.69, 9.17) is 37.9 Å². The number of hydrogen-bond donors (Lipinski definition) is 13. The van der Waals surface area contributed by atoms with Gasteiger partial charge in [0.2, 0.25) is 17.7 Å². The van der Waals surface area contributed by atoms with E-state index < -0.39 is 123 Å². The number of aliphatic hydroxyl groups is 11. The van der Waals surface area contributed by atoms with Gasteiger partial charge in [0, 0.05) is 146 Å². The molecule has 0 saturated carbocycles. The minimum atomic E-state index is -1.23. The lowest BCUT2D eigenvalue weighted by Gasteiger charge is -2.40. The predicted molar refractivity (Wildman–Crippen MR) is 408 cm³/mol. The van der Waals surface area contributed by atoms with Crippen molar-refractivity contribution in [3.05, 3.63) is 0 Å². The minimum Gasteiger partial charge on any atom is -0.394 e. The first-order valence-corrected chi connectivity index (χ1v) is 42.0. The SMILES string of the molecule is CC1C(OCCCCC(=O)CCCCCC(=O)CCCCC(COCCC(=O)CCCCCC(=O)CCCCOC2OC(CO)C(O)C(O)C2C)(COCCC(=O)NCCCNC(=O)CCCCOC2OC(CO)C(O)C(O)C2C)CC(=O)CCCCCCCCCCC(=O)N2C[C@H](O)C[C@H]2CO)OC(CO)C(O)C1O. The maximum atomic E-state index is 14.2. The second-order valence-corrected chi connectivity index (χ2v) is 31.6. The first kappa shape index (κ1) is 99.4. The number of nitrogens with zero attached hydrogens (tertiary/aromatic N) is 1. The van der Waals surface area contributed by atoms with Crippen LogP contribution in [0.25, 0.3) is 0 Å². The van der Waals surface area contributed by atoms with E-state index in [0.29, 0.717) is 186 Å². The van der Waals surface area contributed by atoms with Crippen LogP contribution < -0.4 is 10.6 Å². The van der Waals surface area contributed by atoms with Gasteiger partial charge < -0.3 is 110 Å². The first-order valence-electron chi connectivity index (χ1n) is 42.0. The third kappa shape index (κ3) is 39.7. The molecule has 0 spiro atoms. The van der Waals surface area contributed by atoms with Crippen molar-refractivity contribution in [1.82, 2.24) is 15.5 Å². The van der Waals surface area contributed by atoms with Gasteiger partial charge in [0.15, 0.2) is 18.9 Å². The molecule has 4 heterocycles. The van der Waals surface area contributed by atoms with Gasteiger partial charge in [0.1, 0.15) is 65.5 Å². The lowest BCUT2D eigenvalue weighted by molar-refractivity contribution is -0.282. The zero-order valence-electron chi connectivity index (χ0n) is 67.0. The second kappa shape index (κ2) is 58.0. The fraction of sp³-hybridized carbons (Fsp3) is 0.901. The summed E-state index contributed by atoms with van der Waals surface area (Å²) in [5, 5.41) is 115. The number of amides is 3. The van der Waals surface area contributed by atoms with Crippen LogP contribution in [0.15, 0.2) is 0 Å². The molecule has 3 amide bonds. The maximum Gasteiger partial charge on any atom is 0.222 e. The molecule has 0 aromatic carbocycles. The Balaban J connectivity index is 1.26. The van der Waals surface area contributed by atoms with Crippen LogP contribution in [0.1, 0.15) is 265 Å². The Hall–Kier alpha value is -4.00. The molecule has 4 rings (SSSR count). The number of carbonyl (C=O) groups excluding carboxylic acids is 8. The van der Waals surface area contributed by atoms with E-state index >= 15 is 0 Å². The summed E-state index contributed by atoms with van der Waals surface area (Å²) in [6.45, 7) is 5.48. The van der Waals surface area contributed by atoms with Gasteiger partial charge in [-0.05, 0) is 103 Å². The van der Waals surface area contributed by atoms with Crippen molar-refractivity contribution in [2.24, 2.45) is 23.2 Å². The Morgan fingerprint density at radius 1 is 0.369 bits per heavy atom.